The number of benzene rings is 9. The zero-order chi connectivity index (χ0) is 40.0. The molecule has 0 fully saturated rings. The fraction of sp³-hybridized carbons (Fsp3) is 0.0690. The molecular weight excluding hydrogens is 727 g/mol. The fourth-order valence-electron chi connectivity index (χ4n) is 10.2. The predicted octanol–water partition coefficient (Wildman–Crippen LogP) is 15.5. The van der Waals surface area contributed by atoms with Crippen molar-refractivity contribution in [3.63, 3.8) is 0 Å². The van der Waals surface area contributed by atoms with Crippen molar-refractivity contribution in [2.24, 2.45) is 0 Å². The Labute approximate surface area is 349 Å². The third-order valence-electron chi connectivity index (χ3n) is 13.2. The summed E-state index contributed by atoms with van der Waals surface area (Å²) in [5, 5.41) is 4.81. The van der Waals surface area contributed by atoms with Crippen LogP contribution in [-0.2, 0) is 5.41 Å². The van der Waals surface area contributed by atoms with E-state index in [9.17, 15) is 0 Å². The quantitative estimate of drug-likeness (QED) is 0.154. The molecule has 60 heavy (non-hydrogen) atoms. The summed E-state index contributed by atoms with van der Waals surface area (Å²) in [5.41, 5.74) is 19.3. The molecule has 1 atom stereocenters. The molecule has 2 heteroatoms. The van der Waals surface area contributed by atoms with E-state index in [1.165, 1.54) is 77.6 Å². The first-order valence-corrected chi connectivity index (χ1v) is 21.0. The molecule has 0 aliphatic heterocycles. The largest absolute Gasteiger partial charge is 0.455 e. The van der Waals surface area contributed by atoms with Gasteiger partial charge in [-0.25, -0.2) is 0 Å². The third-order valence-corrected chi connectivity index (χ3v) is 13.2. The Bertz CT molecular complexity index is 3440. The number of rotatable bonds is 6. The van der Waals surface area contributed by atoms with E-state index in [0.29, 0.717) is 0 Å². The monoisotopic (exact) mass is 767 g/mol. The summed E-state index contributed by atoms with van der Waals surface area (Å²) >= 11 is 0. The molecule has 1 unspecified atom stereocenters. The van der Waals surface area contributed by atoms with Crippen molar-refractivity contribution in [3.05, 3.63) is 234 Å². The number of nitrogens with zero attached hydrogens (tertiary/aromatic N) is 1. The maximum Gasteiger partial charge on any atom is 0.143 e. The molecule has 0 saturated heterocycles. The minimum absolute atomic E-state index is 0.0335. The lowest BCUT2D eigenvalue weighted by atomic mass is 9.79. The average Bonchev–Trinajstić information content (AvgIpc) is 3.92. The molecule has 0 amide bonds. The van der Waals surface area contributed by atoms with Gasteiger partial charge in [-0.05, 0) is 92.0 Å². The van der Waals surface area contributed by atoms with Gasteiger partial charge < -0.3 is 8.98 Å². The van der Waals surface area contributed by atoms with Crippen molar-refractivity contribution in [1.82, 2.24) is 4.57 Å². The van der Waals surface area contributed by atoms with Crippen LogP contribution in [-0.4, -0.2) is 4.57 Å². The molecule has 284 valence electrons. The maximum absolute atomic E-state index is 6.46. The first kappa shape index (κ1) is 34.6. The second kappa shape index (κ2) is 13.3. The highest BCUT2D eigenvalue weighted by atomic mass is 16.3. The topological polar surface area (TPSA) is 18.1 Å². The Hall–Kier alpha value is -7.42. The molecule has 0 radical (unpaired) electrons. The van der Waals surface area contributed by atoms with Crippen molar-refractivity contribution < 1.29 is 4.42 Å². The van der Waals surface area contributed by atoms with Gasteiger partial charge in [0.2, 0.25) is 0 Å². The second-order valence-corrected chi connectivity index (χ2v) is 16.9. The molecular formula is C58H41NO. The second-order valence-electron chi connectivity index (χ2n) is 16.9. The lowest BCUT2D eigenvalue weighted by molar-refractivity contribution is 0.659. The highest BCUT2D eigenvalue weighted by Gasteiger charge is 2.36. The summed E-state index contributed by atoms with van der Waals surface area (Å²) in [6.07, 6.45) is 0. The van der Waals surface area contributed by atoms with Gasteiger partial charge in [-0.1, -0.05) is 184 Å². The smallest absolute Gasteiger partial charge is 0.143 e. The molecule has 12 rings (SSSR count). The van der Waals surface area contributed by atoms with Gasteiger partial charge in [-0.2, -0.15) is 0 Å². The zero-order valence-electron chi connectivity index (χ0n) is 33.6. The van der Waals surface area contributed by atoms with Crippen molar-refractivity contribution in [2.75, 3.05) is 0 Å². The van der Waals surface area contributed by atoms with Gasteiger partial charge in [-0.15, -0.1) is 0 Å². The molecule has 0 spiro atoms. The number of aromatic nitrogens is 1. The standard InChI is InChI=1S/C58H41NO/c1-58(2)51-20-9-6-15-45(51)46-33-31-42(36-52(46)58)56(40-29-25-38(26-30-40)44-18-12-19-49-48-17-8-11-22-55(48)60-57(44)49)39-27-23-37(24-28-39)41-32-34-54-50(35-41)47-16-7-10-21-53(47)59(54)43-13-4-3-5-14-43/h3-36,56H,1-2H3. The highest BCUT2D eigenvalue weighted by Crippen LogP contribution is 2.50. The number of hydrogen-bond acceptors (Lipinski definition) is 1. The Balaban J connectivity index is 0.964. The van der Waals surface area contributed by atoms with E-state index in [4.69, 9.17) is 4.42 Å². The van der Waals surface area contributed by atoms with Crippen LogP contribution in [0.15, 0.2) is 211 Å². The fourth-order valence-corrected chi connectivity index (χ4v) is 10.2. The molecule has 1 aliphatic rings. The van der Waals surface area contributed by atoms with Crippen LogP contribution < -0.4 is 0 Å². The predicted molar refractivity (Wildman–Crippen MR) is 250 cm³/mol. The van der Waals surface area contributed by atoms with Gasteiger partial charge in [0, 0.05) is 44.1 Å². The van der Waals surface area contributed by atoms with E-state index >= 15 is 0 Å². The van der Waals surface area contributed by atoms with E-state index in [1.807, 2.05) is 6.07 Å². The van der Waals surface area contributed by atoms with Crippen LogP contribution in [0.2, 0.25) is 0 Å². The van der Waals surface area contributed by atoms with Gasteiger partial charge in [0.15, 0.2) is 0 Å². The molecule has 2 aromatic heterocycles. The summed E-state index contributed by atoms with van der Waals surface area (Å²) < 4.78 is 8.83. The first-order valence-electron chi connectivity index (χ1n) is 21.0. The summed E-state index contributed by atoms with van der Waals surface area (Å²) in [6.45, 7) is 4.74. The molecule has 2 nitrogen and oxygen atoms in total. The zero-order valence-corrected chi connectivity index (χ0v) is 33.6. The molecule has 2 heterocycles. The molecule has 9 aromatic carbocycles. The normalized spacial score (nSPS) is 13.6. The molecule has 0 bridgehead atoms. The molecule has 0 N–H and O–H groups in total. The SMILES string of the molecule is CC1(C)c2ccccc2-c2ccc(C(c3ccc(-c4ccc5c(c4)c4ccccc4n5-c4ccccc4)cc3)c3ccc(-c4cccc5c4oc4ccccc45)cc3)cc21. The number of para-hydroxylation sites is 4. The van der Waals surface area contributed by atoms with Crippen LogP contribution in [0.5, 0.6) is 0 Å². The Morgan fingerprint density at radius 3 is 1.82 bits per heavy atom. The van der Waals surface area contributed by atoms with Crippen LogP contribution in [0.3, 0.4) is 0 Å². The number of hydrogen-bond donors (Lipinski definition) is 0. The van der Waals surface area contributed by atoms with Crippen LogP contribution in [0.25, 0.3) is 82.8 Å². The van der Waals surface area contributed by atoms with Gasteiger partial charge in [0.1, 0.15) is 11.2 Å². The maximum atomic E-state index is 6.46. The molecule has 11 aromatic rings. The van der Waals surface area contributed by atoms with E-state index in [-0.39, 0.29) is 11.3 Å². The van der Waals surface area contributed by atoms with E-state index < -0.39 is 0 Å². The number of furan rings is 1. The van der Waals surface area contributed by atoms with Crippen LogP contribution in [0.1, 0.15) is 47.6 Å². The minimum Gasteiger partial charge on any atom is -0.455 e. The third kappa shape index (κ3) is 5.27. The summed E-state index contributed by atoms with van der Waals surface area (Å²) in [5.74, 6) is 0.0335. The van der Waals surface area contributed by atoms with Crippen molar-refractivity contribution in [2.45, 2.75) is 25.2 Å². The van der Waals surface area contributed by atoms with Crippen molar-refractivity contribution in [3.8, 4) is 39.1 Å². The van der Waals surface area contributed by atoms with E-state index in [2.05, 4.69) is 219 Å². The van der Waals surface area contributed by atoms with Crippen LogP contribution in [0, 0.1) is 0 Å². The van der Waals surface area contributed by atoms with Gasteiger partial charge >= 0.3 is 0 Å². The molecule has 0 saturated carbocycles. The summed E-state index contributed by atoms with van der Waals surface area (Å²) in [6, 6.07) is 75.7. The Morgan fingerprint density at radius 2 is 1.00 bits per heavy atom. The average molecular weight is 768 g/mol. The summed E-state index contributed by atoms with van der Waals surface area (Å²) in [7, 11) is 0. The Kier molecular flexibility index (Phi) is 7.68. The van der Waals surface area contributed by atoms with Gasteiger partial charge in [0.05, 0.1) is 11.0 Å². The van der Waals surface area contributed by atoms with Crippen molar-refractivity contribution in [1.29, 1.82) is 0 Å². The van der Waals surface area contributed by atoms with Crippen molar-refractivity contribution >= 4 is 43.7 Å². The van der Waals surface area contributed by atoms with Gasteiger partial charge in [0.25, 0.3) is 0 Å². The summed E-state index contributed by atoms with van der Waals surface area (Å²) in [4.78, 5) is 0. The van der Waals surface area contributed by atoms with E-state index in [1.54, 1.807) is 0 Å². The Morgan fingerprint density at radius 1 is 0.400 bits per heavy atom. The van der Waals surface area contributed by atoms with Gasteiger partial charge in [-0.3, -0.25) is 0 Å². The van der Waals surface area contributed by atoms with E-state index in [0.717, 1.165) is 33.1 Å². The molecule has 1 aliphatic carbocycles. The number of fused-ring (bicyclic) bond motifs is 9. The highest BCUT2D eigenvalue weighted by molar-refractivity contribution is 6.11. The van der Waals surface area contributed by atoms with Crippen LogP contribution >= 0.6 is 0 Å². The minimum atomic E-state index is -0.0895. The first-order chi connectivity index (χ1) is 29.5. The lowest BCUT2D eigenvalue weighted by Crippen LogP contribution is -2.15. The lowest BCUT2D eigenvalue weighted by Gasteiger charge is -2.25. The van der Waals surface area contributed by atoms with Crippen LogP contribution in [0.4, 0.5) is 0 Å².